The van der Waals surface area contributed by atoms with Gasteiger partial charge in [0.1, 0.15) is 5.84 Å². The van der Waals surface area contributed by atoms with Gasteiger partial charge in [0.2, 0.25) is 0 Å². The number of rotatable bonds is 8. The van der Waals surface area contributed by atoms with E-state index in [-0.39, 0.29) is 0 Å². The highest BCUT2D eigenvalue weighted by Crippen LogP contribution is 2.29. The fourth-order valence-corrected chi connectivity index (χ4v) is 2.41. The first-order chi connectivity index (χ1) is 10.3. The third-order valence-corrected chi connectivity index (χ3v) is 3.57. The van der Waals surface area contributed by atoms with Gasteiger partial charge in [-0.05, 0) is 31.5 Å². The van der Waals surface area contributed by atoms with Gasteiger partial charge in [-0.1, -0.05) is 19.8 Å². The van der Waals surface area contributed by atoms with Gasteiger partial charge in [0, 0.05) is 19.2 Å². The number of aliphatic imine (C=N–C) groups is 1. The van der Waals surface area contributed by atoms with Crippen LogP contribution in [0.5, 0.6) is 11.5 Å². The van der Waals surface area contributed by atoms with Crippen LogP contribution in [-0.2, 0) is 0 Å². The summed E-state index contributed by atoms with van der Waals surface area (Å²) in [5.41, 5.74) is 1.10. The zero-order valence-electron chi connectivity index (χ0n) is 13.4. The molecule has 1 aromatic rings. The molecule has 1 aromatic carbocycles. The summed E-state index contributed by atoms with van der Waals surface area (Å²) in [6.07, 6.45) is 3.48. The summed E-state index contributed by atoms with van der Waals surface area (Å²) in [4.78, 5) is 6.72. The van der Waals surface area contributed by atoms with Crippen molar-refractivity contribution >= 4 is 5.84 Å². The maximum absolute atomic E-state index is 5.86. The second-order valence-electron chi connectivity index (χ2n) is 5.28. The second kappa shape index (κ2) is 7.91. The van der Waals surface area contributed by atoms with E-state index in [0.717, 1.165) is 49.0 Å². The Hall–Kier alpha value is -1.71. The quantitative estimate of drug-likeness (QED) is 0.689. The second-order valence-corrected chi connectivity index (χ2v) is 5.28. The Balaban J connectivity index is 2.11. The molecule has 0 N–H and O–H groups in total. The van der Waals surface area contributed by atoms with Crippen molar-refractivity contribution in [2.24, 2.45) is 4.99 Å². The van der Waals surface area contributed by atoms with Gasteiger partial charge in [-0.3, -0.25) is 4.99 Å². The molecule has 0 fully saturated rings. The van der Waals surface area contributed by atoms with Crippen molar-refractivity contribution in [3.8, 4) is 11.5 Å². The van der Waals surface area contributed by atoms with E-state index in [4.69, 9.17) is 9.47 Å². The van der Waals surface area contributed by atoms with Gasteiger partial charge in [-0.2, -0.15) is 0 Å². The molecule has 4 heteroatoms. The summed E-state index contributed by atoms with van der Waals surface area (Å²) in [5.74, 6) is 2.68. The monoisotopic (exact) mass is 290 g/mol. The Kier molecular flexibility index (Phi) is 5.90. The smallest absolute Gasteiger partial charge is 0.161 e. The topological polar surface area (TPSA) is 34.1 Å². The van der Waals surface area contributed by atoms with Crippen LogP contribution >= 0.6 is 0 Å². The van der Waals surface area contributed by atoms with Gasteiger partial charge >= 0.3 is 0 Å². The number of unbranched alkanes of at least 4 members (excludes halogenated alkanes) is 2. The molecule has 1 aliphatic rings. The van der Waals surface area contributed by atoms with Gasteiger partial charge in [0.25, 0.3) is 0 Å². The highest BCUT2D eigenvalue weighted by molar-refractivity contribution is 6.00. The van der Waals surface area contributed by atoms with Crippen LogP contribution < -0.4 is 9.47 Å². The Morgan fingerprint density at radius 2 is 2.00 bits per heavy atom. The van der Waals surface area contributed by atoms with E-state index in [0.29, 0.717) is 6.61 Å². The van der Waals surface area contributed by atoms with E-state index < -0.39 is 0 Å². The van der Waals surface area contributed by atoms with Crippen molar-refractivity contribution in [1.29, 1.82) is 0 Å². The molecule has 0 aromatic heterocycles. The Bertz CT molecular complexity index is 486. The molecule has 0 bridgehead atoms. The average molecular weight is 290 g/mol. The van der Waals surface area contributed by atoms with Crippen LogP contribution in [0, 0.1) is 0 Å². The fraction of sp³-hybridized carbons (Fsp3) is 0.588. The number of hydrogen-bond donors (Lipinski definition) is 0. The van der Waals surface area contributed by atoms with Gasteiger partial charge in [-0.15, -0.1) is 0 Å². The molecule has 0 radical (unpaired) electrons. The Morgan fingerprint density at radius 1 is 1.14 bits per heavy atom. The predicted molar refractivity (Wildman–Crippen MR) is 86.7 cm³/mol. The van der Waals surface area contributed by atoms with Crippen LogP contribution in [0.2, 0.25) is 0 Å². The van der Waals surface area contributed by atoms with Crippen molar-refractivity contribution in [3.63, 3.8) is 0 Å². The maximum Gasteiger partial charge on any atom is 0.161 e. The molecule has 4 nitrogen and oxygen atoms in total. The van der Waals surface area contributed by atoms with Crippen LogP contribution in [0.3, 0.4) is 0 Å². The van der Waals surface area contributed by atoms with E-state index in [1.54, 1.807) is 0 Å². The molecule has 0 aliphatic carbocycles. The van der Waals surface area contributed by atoms with E-state index in [1.807, 2.05) is 19.1 Å². The summed E-state index contributed by atoms with van der Waals surface area (Å²) in [6.45, 7) is 7.41. The van der Waals surface area contributed by atoms with E-state index in [1.165, 1.54) is 12.8 Å². The SMILES string of the molecule is CCCCCOc1ccc(C2=NCCN2C)cc1OCC. The number of amidine groups is 1. The molecule has 116 valence electrons. The first-order valence-electron chi connectivity index (χ1n) is 7.91. The summed E-state index contributed by atoms with van der Waals surface area (Å²) in [6, 6.07) is 6.11. The van der Waals surface area contributed by atoms with Crippen molar-refractivity contribution in [2.75, 3.05) is 33.4 Å². The van der Waals surface area contributed by atoms with Crippen molar-refractivity contribution in [2.45, 2.75) is 33.1 Å². The lowest BCUT2D eigenvalue weighted by Crippen LogP contribution is -2.23. The minimum absolute atomic E-state index is 0.636. The Morgan fingerprint density at radius 3 is 2.67 bits per heavy atom. The molecule has 2 rings (SSSR count). The minimum atomic E-state index is 0.636. The van der Waals surface area contributed by atoms with Crippen molar-refractivity contribution < 1.29 is 9.47 Å². The van der Waals surface area contributed by atoms with Crippen LogP contribution in [0.15, 0.2) is 23.2 Å². The highest BCUT2D eigenvalue weighted by atomic mass is 16.5. The average Bonchev–Trinajstić information content (AvgIpc) is 2.91. The summed E-state index contributed by atoms with van der Waals surface area (Å²) in [5, 5.41) is 0. The first-order valence-corrected chi connectivity index (χ1v) is 7.91. The largest absolute Gasteiger partial charge is 0.490 e. The maximum atomic E-state index is 5.86. The molecular weight excluding hydrogens is 264 g/mol. The van der Waals surface area contributed by atoms with Crippen molar-refractivity contribution in [3.05, 3.63) is 23.8 Å². The fourth-order valence-electron chi connectivity index (χ4n) is 2.41. The molecule has 0 amide bonds. The molecule has 0 atom stereocenters. The molecular formula is C17H26N2O2. The van der Waals surface area contributed by atoms with Gasteiger partial charge < -0.3 is 14.4 Å². The molecule has 0 unspecified atom stereocenters. The molecule has 0 saturated heterocycles. The van der Waals surface area contributed by atoms with Gasteiger partial charge in [-0.25, -0.2) is 0 Å². The number of benzene rings is 1. The lowest BCUT2D eigenvalue weighted by atomic mass is 10.1. The number of hydrogen-bond acceptors (Lipinski definition) is 4. The summed E-state index contributed by atoms with van der Waals surface area (Å²) in [7, 11) is 2.07. The minimum Gasteiger partial charge on any atom is -0.490 e. The highest BCUT2D eigenvalue weighted by Gasteiger charge is 2.16. The van der Waals surface area contributed by atoms with E-state index in [2.05, 4.69) is 29.9 Å². The normalized spacial score (nSPS) is 14.2. The lowest BCUT2D eigenvalue weighted by molar-refractivity contribution is 0.271. The Labute approximate surface area is 127 Å². The van der Waals surface area contributed by atoms with Gasteiger partial charge in [0.05, 0.1) is 19.8 Å². The zero-order valence-corrected chi connectivity index (χ0v) is 13.4. The van der Waals surface area contributed by atoms with Crippen LogP contribution in [0.4, 0.5) is 0 Å². The third kappa shape index (κ3) is 4.13. The van der Waals surface area contributed by atoms with Gasteiger partial charge in [0.15, 0.2) is 11.5 Å². The molecule has 21 heavy (non-hydrogen) atoms. The number of ether oxygens (including phenoxy) is 2. The molecule has 0 spiro atoms. The van der Waals surface area contributed by atoms with E-state index >= 15 is 0 Å². The standard InChI is InChI=1S/C17H26N2O2/c1-4-6-7-12-21-15-9-8-14(13-16(15)20-5-2)17-18-10-11-19(17)3/h8-9,13H,4-7,10-12H2,1-3H3. The van der Waals surface area contributed by atoms with Crippen LogP contribution in [0.1, 0.15) is 38.7 Å². The molecule has 0 saturated carbocycles. The van der Waals surface area contributed by atoms with E-state index in [9.17, 15) is 0 Å². The summed E-state index contributed by atoms with van der Waals surface area (Å²) >= 11 is 0. The molecule has 1 heterocycles. The number of likely N-dealkylation sites (N-methyl/N-ethyl adjacent to an activating group) is 1. The lowest BCUT2D eigenvalue weighted by Gasteiger charge is -2.17. The zero-order chi connectivity index (χ0) is 15.1. The third-order valence-electron chi connectivity index (χ3n) is 3.57. The summed E-state index contributed by atoms with van der Waals surface area (Å²) < 4.78 is 11.6. The predicted octanol–water partition coefficient (Wildman–Crippen LogP) is 3.35. The van der Waals surface area contributed by atoms with Crippen LogP contribution in [-0.4, -0.2) is 44.1 Å². The number of nitrogens with zero attached hydrogens (tertiary/aromatic N) is 2. The van der Waals surface area contributed by atoms with Crippen molar-refractivity contribution in [1.82, 2.24) is 4.90 Å². The molecule has 1 aliphatic heterocycles. The van der Waals surface area contributed by atoms with Crippen LogP contribution in [0.25, 0.3) is 0 Å². The first kappa shape index (κ1) is 15.7.